The van der Waals surface area contributed by atoms with Gasteiger partial charge >= 0.3 is 5.97 Å². The van der Waals surface area contributed by atoms with Crippen LogP contribution >= 0.6 is 11.3 Å². The first-order valence-electron chi connectivity index (χ1n) is 8.23. The molecule has 2 unspecified atom stereocenters. The summed E-state index contributed by atoms with van der Waals surface area (Å²) in [5.41, 5.74) is 0.843. The van der Waals surface area contributed by atoms with Gasteiger partial charge in [-0.05, 0) is 50.7 Å². The van der Waals surface area contributed by atoms with Crippen molar-refractivity contribution in [3.05, 3.63) is 16.5 Å². The van der Waals surface area contributed by atoms with E-state index >= 15 is 0 Å². The van der Waals surface area contributed by atoms with E-state index in [0.717, 1.165) is 49.1 Å². The largest absolute Gasteiger partial charge is 0.455 e. The monoisotopic (exact) mass is 337 g/mol. The molecule has 0 bridgehead atoms. The fourth-order valence-electron chi connectivity index (χ4n) is 2.97. The molecule has 0 spiro atoms. The molecule has 23 heavy (non-hydrogen) atoms. The highest BCUT2D eigenvalue weighted by molar-refractivity contribution is 7.18. The van der Waals surface area contributed by atoms with Crippen molar-refractivity contribution < 1.29 is 19.1 Å². The molecule has 2 fully saturated rings. The molecule has 0 aliphatic heterocycles. The molecule has 1 N–H and O–H groups in total. The van der Waals surface area contributed by atoms with E-state index in [9.17, 15) is 9.59 Å². The number of ether oxygens (including phenoxy) is 2. The number of thiophene rings is 1. The lowest BCUT2D eigenvalue weighted by Crippen LogP contribution is -2.35. The second-order valence-electron chi connectivity index (χ2n) is 6.39. The van der Waals surface area contributed by atoms with Gasteiger partial charge in [-0.2, -0.15) is 0 Å². The van der Waals surface area contributed by atoms with Gasteiger partial charge in [-0.15, -0.1) is 11.3 Å². The molecule has 126 valence electrons. The van der Waals surface area contributed by atoms with E-state index < -0.39 is 0 Å². The zero-order valence-corrected chi connectivity index (χ0v) is 14.4. The number of hydrogen-bond donors (Lipinski definition) is 1. The summed E-state index contributed by atoms with van der Waals surface area (Å²) >= 11 is 1.29. The van der Waals surface area contributed by atoms with Gasteiger partial charge in [0.1, 0.15) is 11.0 Å². The smallest absolute Gasteiger partial charge is 0.349 e. The van der Waals surface area contributed by atoms with Crippen molar-refractivity contribution in [3.63, 3.8) is 0 Å². The second-order valence-corrected chi connectivity index (χ2v) is 7.44. The van der Waals surface area contributed by atoms with Gasteiger partial charge in [-0.25, -0.2) is 4.79 Å². The highest BCUT2D eigenvalue weighted by Gasteiger charge is 2.31. The molecule has 3 rings (SSSR count). The maximum atomic E-state index is 12.5. The van der Waals surface area contributed by atoms with Crippen LogP contribution in [-0.4, -0.2) is 31.2 Å². The Hall–Kier alpha value is -1.40. The zero-order chi connectivity index (χ0) is 16.4. The fourth-order valence-corrected chi connectivity index (χ4v) is 3.93. The van der Waals surface area contributed by atoms with Crippen LogP contribution in [0.3, 0.4) is 0 Å². The Bertz CT molecular complexity index is 593. The predicted octanol–water partition coefficient (Wildman–Crippen LogP) is 3.52. The minimum atomic E-state index is -0.312. The van der Waals surface area contributed by atoms with E-state index in [0.29, 0.717) is 4.88 Å². The third-order valence-electron chi connectivity index (χ3n) is 4.50. The van der Waals surface area contributed by atoms with Crippen LogP contribution in [-0.2, 0) is 14.3 Å². The Morgan fingerprint density at radius 1 is 1.17 bits per heavy atom. The summed E-state index contributed by atoms with van der Waals surface area (Å²) in [5, 5.41) is 3.61. The number of amides is 1. The molecule has 2 saturated carbocycles. The van der Waals surface area contributed by atoms with E-state index in [2.05, 4.69) is 5.32 Å². The molecule has 0 radical (unpaired) electrons. The molecule has 1 amide bonds. The zero-order valence-electron chi connectivity index (χ0n) is 13.6. The van der Waals surface area contributed by atoms with Gasteiger partial charge < -0.3 is 14.8 Å². The summed E-state index contributed by atoms with van der Waals surface area (Å²) in [4.78, 5) is 24.9. The lowest BCUT2D eigenvalue weighted by molar-refractivity contribution is -0.117. The third-order valence-corrected chi connectivity index (χ3v) is 5.63. The van der Waals surface area contributed by atoms with Crippen molar-refractivity contribution >= 4 is 28.2 Å². The molecule has 0 saturated heterocycles. The normalized spacial score (nSPS) is 24.3. The van der Waals surface area contributed by atoms with Gasteiger partial charge in [0.25, 0.3) is 0 Å². The lowest BCUT2D eigenvalue weighted by Gasteiger charge is -2.29. The number of nitrogens with one attached hydrogen (secondary N) is 1. The minimum Gasteiger partial charge on any atom is -0.455 e. The maximum Gasteiger partial charge on any atom is 0.349 e. The standard InChI is InChI=1S/C17H23NO4S/c1-10-9-14(18-16(19)11-7-8-11)23-15(10)17(20)22-13-6-4-3-5-12(13)21-2/h9,11-13H,3-8H2,1-2H3,(H,18,19). The van der Waals surface area contributed by atoms with Crippen LogP contribution in [0.1, 0.15) is 53.8 Å². The molecular formula is C17H23NO4S. The Morgan fingerprint density at radius 3 is 2.52 bits per heavy atom. The summed E-state index contributed by atoms with van der Waals surface area (Å²) in [6.07, 6.45) is 5.69. The number of carbonyl (C=O) groups is 2. The first-order valence-corrected chi connectivity index (χ1v) is 9.05. The van der Waals surface area contributed by atoms with E-state index in [1.54, 1.807) is 7.11 Å². The molecule has 1 aromatic heterocycles. The van der Waals surface area contributed by atoms with E-state index in [4.69, 9.17) is 9.47 Å². The minimum absolute atomic E-state index is 0.0120. The number of esters is 1. The molecule has 1 aromatic rings. The fraction of sp³-hybridized carbons (Fsp3) is 0.647. The number of carbonyl (C=O) groups excluding carboxylic acids is 2. The van der Waals surface area contributed by atoms with Crippen molar-refractivity contribution in [2.45, 2.75) is 57.7 Å². The van der Waals surface area contributed by atoms with Crippen LogP contribution in [0.25, 0.3) is 0 Å². The van der Waals surface area contributed by atoms with E-state index in [1.165, 1.54) is 11.3 Å². The highest BCUT2D eigenvalue weighted by atomic mass is 32.1. The van der Waals surface area contributed by atoms with Gasteiger partial charge in [0.2, 0.25) is 5.91 Å². The summed E-state index contributed by atoms with van der Waals surface area (Å²) in [6, 6.07) is 1.84. The SMILES string of the molecule is COC1CCCCC1OC(=O)c1sc(NC(=O)C2CC2)cc1C. The average Bonchev–Trinajstić information content (AvgIpc) is 3.32. The first-order chi connectivity index (χ1) is 11.1. The van der Waals surface area contributed by atoms with Gasteiger partial charge in [0.15, 0.2) is 0 Å². The number of hydrogen-bond acceptors (Lipinski definition) is 5. The van der Waals surface area contributed by atoms with Crippen LogP contribution in [0.2, 0.25) is 0 Å². The first kappa shape index (κ1) is 16.5. The van der Waals surface area contributed by atoms with Crippen molar-refractivity contribution in [2.75, 3.05) is 12.4 Å². The lowest BCUT2D eigenvalue weighted by atomic mass is 9.94. The van der Waals surface area contributed by atoms with E-state index in [1.807, 2.05) is 13.0 Å². The molecule has 0 aromatic carbocycles. The van der Waals surface area contributed by atoms with Gasteiger partial charge in [-0.3, -0.25) is 4.79 Å². The number of aryl methyl sites for hydroxylation is 1. The van der Waals surface area contributed by atoms with Crippen molar-refractivity contribution in [1.82, 2.24) is 0 Å². The quantitative estimate of drug-likeness (QED) is 0.835. The van der Waals surface area contributed by atoms with Crippen molar-refractivity contribution in [2.24, 2.45) is 5.92 Å². The van der Waals surface area contributed by atoms with Crippen LogP contribution < -0.4 is 5.32 Å². The van der Waals surface area contributed by atoms with Crippen LogP contribution in [0.5, 0.6) is 0 Å². The molecule has 1 heterocycles. The molecule has 5 nitrogen and oxygen atoms in total. The Morgan fingerprint density at radius 2 is 1.87 bits per heavy atom. The summed E-state index contributed by atoms with van der Waals surface area (Å²) in [6.45, 7) is 1.87. The third kappa shape index (κ3) is 3.93. The maximum absolute atomic E-state index is 12.5. The van der Waals surface area contributed by atoms with Gasteiger partial charge in [0.05, 0.1) is 11.1 Å². The number of anilines is 1. The summed E-state index contributed by atoms with van der Waals surface area (Å²) in [5.74, 6) is -0.108. The van der Waals surface area contributed by atoms with Crippen LogP contribution in [0, 0.1) is 12.8 Å². The topological polar surface area (TPSA) is 64.6 Å². The Labute approximate surface area is 140 Å². The highest BCUT2D eigenvalue weighted by Crippen LogP contribution is 2.33. The summed E-state index contributed by atoms with van der Waals surface area (Å²) in [7, 11) is 1.67. The number of methoxy groups -OCH3 is 1. The Balaban J connectivity index is 1.64. The molecule has 2 aliphatic rings. The van der Waals surface area contributed by atoms with Gasteiger partial charge in [0, 0.05) is 13.0 Å². The van der Waals surface area contributed by atoms with Crippen molar-refractivity contribution in [1.29, 1.82) is 0 Å². The second kappa shape index (κ2) is 7.01. The van der Waals surface area contributed by atoms with Gasteiger partial charge in [-0.1, -0.05) is 6.42 Å². The summed E-state index contributed by atoms with van der Waals surface area (Å²) < 4.78 is 11.1. The number of rotatable bonds is 5. The molecule has 2 aliphatic carbocycles. The van der Waals surface area contributed by atoms with Crippen molar-refractivity contribution in [3.8, 4) is 0 Å². The molecule has 6 heteroatoms. The molecular weight excluding hydrogens is 314 g/mol. The van der Waals surface area contributed by atoms with Crippen LogP contribution in [0.15, 0.2) is 6.07 Å². The Kier molecular flexibility index (Phi) is 5.02. The van der Waals surface area contributed by atoms with E-state index in [-0.39, 0.29) is 30.0 Å². The van der Waals surface area contributed by atoms with Crippen LogP contribution in [0.4, 0.5) is 5.00 Å². The predicted molar refractivity (Wildman–Crippen MR) is 88.9 cm³/mol. The average molecular weight is 337 g/mol. The molecule has 2 atom stereocenters.